The van der Waals surface area contributed by atoms with Gasteiger partial charge in [0.25, 0.3) is 0 Å². The maximum absolute atomic E-state index is 5.12. The van der Waals surface area contributed by atoms with Crippen LogP contribution in [-0.2, 0) is 6.54 Å². The maximum atomic E-state index is 5.12. The second-order valence-corrected chi connectivity index (χ2v) is 6.68. The van der Waals surface area contributed by atoms with Crippen LogP contribution >= 0.6 is 23.6 Å². The highest BCUT2D eigenvalue weighted by atomic mass is 32.1. The highest BCUT2D eigenvalue weighted by molar-refractivity contribution is 7.71. The number of hydrogen-bond acceptors (Lipinski definition) is 5. The van der Waals surface area contributed by atoms with Gasteiger partial charge >= 0.3 is 0 Å². The van der Waals surface area contributed by atoms with Crippen LogP contribution in [0.25, 0.3) is 10.6 Å². The molecule has 25 heavy (non-hydrogen) atoms. The SMILES string of the molecule is S=c1[nH]ncn1/N=C\c1cn(Cc2ccccc2)nc1-c1cccs1. The Hall–Kier alpha value is -2.84. The van der Waals surface area contributed by atoms with Crippen molar-refractivity contribution < 1.29 is 0 Å². The first-order valence-corrected chi connectivity index (χ1v) is 8.90. The second kappa shape index (κ2) is 6.96. The van der Waals surface area contributed by atoms with Crippen LogP contribution in [0.1, 0.15) is 11.1 Å². The molecule has 0 fully saturated rings. The number of aromatic nitrogens is 5. The van der Waals surface area contributed by atoms with Crippen molar-refractivity contribution in [2.45, 2.75) is 6.54 Å². The molecule has 0 unspecified atom stereocenters. The first-order valence-electron chi connectivity index (χ1n) is 7.61. The van der Waals surface area contributed by atoms with Crippen molar-refractivity contribution in [3.8, 4) is 10.6 Å². The zero-order valence-electron chi connectivity index (χ0n) is 13.1. The van der Waals surface area contributed by atoms with Gasteiger partial charge in [-0.3, -0.25) is 9.78 Å². The van der Waals surface area contributed by atoms with E-state index in [9.17, 15) is 0 Å². The Kier molecular flexibility index (Phi) is 4.36. The van der Waals surface area contributed by atoms with E-state index in [1.807, 2.05) is 40.5 Å². The van der Waals surface area contributed by atoms with Gasteiger partial charge in [-0.15, -0.1) is 11.3 Å². The minimum absolute atomic E-state index is 0.450. The fraction of sp³-hybridized carbons (Fsp3) is 0.0588. The van der Waals surface area contributed by atoms with Crippen LogP contribution in [0.4, 0.5) is 0 Å². The van der Waals surface area contributed by atoms with Crippen molar-refractivity contribution in [1.82, 2.24) is 24.7 Å². The number of nitrogens with zero attached hydrogens (tertiary/aromatic N) is 5. The van der Waals surface area contributed by atoms with E-state index in [-0.39, 0.29) is 0 Å². The molecule has 0 saturated carbocycles. The van der Waals surface area contributed by atoms with Crippen molar-refractivity contribution in [3.63, 3.8) is 0 Å². The Labute approximate surface area is 153 Å². The molecule has 6 nitrogen and oxygen atoms in total. The van der Waals surface area contributed by atoms with Crippen LogP contribution in [0.2, 0.25) is 0 Å². The molecule has 8 heteroatoms. The molecule has 0 amide bonds. The predicted octanol–water partition coefficient (Wildman–Crippen LogP) is 3.80. The van der Waals surface area contributed by atoms with E-state index in [0.29, 0.717) is 11.3 Å². The van der Waals surface area contributed by atoms with Gasteiger partial charge in [0.2, 0.25) is 4.77 Å². The molecule has 3 aromatic heterocycles. The van der Waals surface area contributed by atoms with Crippen LogP contribution in [0.3, 0.4) is 0 Å². The average molecular weight is 366 g/mol. The summed E-state index contributed by atoms with van der Waals surface area (Å²) in [6.45, 7) is 0.707. The third-order valence-electron chi connectivity index (χ3n) is 3.59. The molecule has 0 aliphatic rings. The summed E-state index contributed by atoms with van der Waals surface area (Å²) in [5, 5.41) is 17.7. The number of thiophene rings is 1. The standard InChI is InChI=1S/C17H14N6S2/c24-17-20-18-12-23(17)19-9-14-11-22(10-13-5-2-1-3-6-13)21-16(14)15-7-4-8-25-15/h1-9,11-12H,10H2,(H,20,24)/b19-9-. The zero-order valence-corrected chi connectivity index (χ0v) is 14.7. The summed E-state index contributed by atoms with van der Waals surface area (Å²) in [5.41, 5.74) is 3.04. The van der Waals surface area contributed by atoms with E-state index in [1.165, 1.54) is 16.6 Å². The lowest BCUT2D eigenvalue weighted by atomic mass is 10.2. The quantitative estimate of drug-likeness (QED) is 0.432. The minimum Gasteiger partial charge on any atom is -0.267 e. The van der Waals surface area contributed by atoms with Gasteiger partial charge in [-0.1, -0.05) is 36.4 Å². The minimum atomic E-state index is 0.450. The van der Waals surface area contributed by atoms with Gasteiger partial charge < -0.3 is 0 Å². The number of benzene rings is 1. The van der Waals surface area contributed by atoms with E-state index in [1.54, 1.807) is 17.6 Å². The Bertz CT molecular complexity index is 1040. The Balaban J connectivity index is 1.70. The summed E-state index contributed by atoms with van der Waals surface area (Å²) in [7, 11) is 0. The van der Waals surface area contributed by atoms with Gasteiger partial charge in [-0.25, -0.2) is 0 Å². The Morgan fingerprint density at radius 1 is 1.20 bits per heavy atom. The number of H-pyrrole nitrogens is 1. The van der Waals surface area contributed by atoms with Crippen molar-refractivity contribution in [2.24, 2.45) is 5.10 Å². The molecular formula is C17H14N6S2. The van der Waals surface area contributed by atoms with Crippen molar-refractivity contribution in [2.75, 3.05) is 0 Å². The molecule has 3 heterocycles. The number of hydrogen-bond donors (Lipinski definition) is 1. The number of rotatable bonds is 5. The summed E-state index contributed by atoms with van der Waals surface area (Å²) < 4.78 is 3.90. The summed E-state index contributed by atoms with van der Waals surface area (Å²) in [6.07, 6.45) is 5.29. The van der Waals surface area contributed by atoms with Gasteiger partial charge in [0.05, 0.1) is 17.6 Å². The molecule has 0 aliphatic carbocycles. The lowest BCUT2D eigenvalue weighted by Crippen LogP contribution is -1.99. The summed E-state index contributed by atoms with van der Waals surface area (Å²) in [6, 6.07) is 14.3. The summed E-state index contributed by atoms with van der Waals surface area (Å²) in [4.78, 5) is 1.10. The predicted molar refractivity (Wildman–Crippen MR) is 101 cm³/mol. The zero-order chi connectivity index (χ0) is 17.1. The van der Waals surface area contributed by atoms with E-state index >= 15 is 0 Å². The van der Waals surface area contributed by atoms with E-state index < -0.39 is 0 Å². The molecule has 4 aromatic rings. The Morgan fingerprint density at radius 2 is 2.08 bits per heavy atom. The smallest absolute Gasteiger partial charge is 0.216 e. The van der Waals surface area contributed by atoms with Crippen LogP contribution < -0.4 is 0 Å². The van der Waals surface area contributed by atoms with Gasteiger partial charge in [0, 0.05) is 11.8 Å². The molecule has 0 saturated heterocycles. The van der Waals surface area contributed by atoms with Crippen molar-refractivity contribution >= 4 is 29.8 Å². The lowest BCUT2D eigenvalue weighted by Gasteiger charge is -2.00. The third kappa shape index (κ3) is 3.49. The first kappa shape index (κ1) is 15.7. The largest absolute Gasteiger partial charge is 0.267 e. The average Bonchev–Trinajstić information content (AvgIpc) is 3.35. The Morgan fingerprint density at radius 3 is 2.80 bits per heavy atom. The summed E-state index contributed by atoms with van der Waals surface area (Å²) in [5.74, 6) is 0. The van der Waals surface area contributed by atoms with Crippen LogP contribution in [0.5, 0.6) is 0 Å². The molecule has 124 valence electrons. The second-order valence-electron chi connectivity index (χ2n) is 5.34. The van der Waals surface area contributed by atoms with Crippen LogP contribution in [0.15, 0.2) is 65.5 Å². The third-order valence-corrected chi connectivity index (χ3v) is 4.74. The maximum Gasteiger partial charge on any atom is 0.216 e. The number of nitrogens with one attached hydrogen (secondary N) is 1. The molecule has 1 aromatic carbocycles. The fourth-order valence-corrected chi connectivity index (χ4v) is 3.31. The van der Waals surface area contributed by atoms with E-state index in [0.717, 1.165) is 16.1 Å². The topological polar surface area (TPSA) is 63.8 Å². The molecule has 0 spiro atoms. The highest BCUT2D eigenvalue weighted by Crippen LogP contribution is 2.26. The molecule has 4 rings (SSSR count). The molecular weight excluding hydrogens is 352 g/mol. The van der Waals surface area contributed by atoms with Gasteiger partial charge in [-0.2, -0.15) is 20.0 Å². The fourth-order valence-electron chi connectivity index (χ4n) is 2.44. The molecule has 0 atom stereocenters. The molecule has 0 radical (unpaired) electrons. The normalized spacial score (nSPS) is 11.4. The molecule has 1 N–H and O–H groups in total. The highest BCUT2D eigenvalue weighted by Gasteiger charge is 2.11. The number of aromatic amines is 1. The summed E-state index contributed by atoms with van der Waals surface area (Å²) >= 11 is 6.77. The monoisotopic (exact) mass is 366 g/mol. The van der Waals surface area contributed by atoms with E-state index in [2.05, 4.69) is 33.5 Å². The lowest BCUT2D eigenvalue weighted by molar-refractivity contribution is 0.689. The van der Waals surface area contributed by atoms with Crippen LogP contribution in [-0.4, -0.2) is 30.9 Å². The van der Waals surface area contributed by atoms with Gasteiger partial charge in [-0.05, 0) is 29.2 Å². The first-order chi connectivity index (χ1) is 12.3. The van der Waals surface area contributed by atoms with Crippen molar-refractivity contribution in [1.29, 1.82) is 0 Å². The van der Waals surface area contributed by atoms with Crippen LogP contribution in [0, 0.1) is 4.77 Å². The van der Waals surface area contributed by atoms with E-state index in [4.69, 9.17) is 17.3 Å². The van der Waals surface area contributed by atoms with Crippen molar-refractivity contribution in [3.05, 3.63) is 76.3 Å². The van der Waals surface area contributed by atoms with Gasteiger partial charge in [0.15, 0.2) is 0 Å². The molecule has 0 bridgehead atoms. The molecule has 0 aliphatic heterocycles. The van der Waals surface area contributed by atoms with Gasteiger partial charge in [0.1, 0.15) is 12.0 Å².